The molecule has 0 spiro atoms. The van der Waals surface area contributed by atoms with E-state index in [1.165, 1.54) is 58.3 Å². The van der Waals surface area contributed by atoms with Crippen molar-refractivity contribution < 1.29 is 0 Å². The van der Waals surface area contributed by atoms with Crippen molar-refractivity contribution in [2.75, 3.05) is 40.3 Å². The first-order valence-electron chi connectivity index (χ1n) is 6.82. The van der Waals surface area contributed by atoms with E-state index in [9.17, 15) is 0 Å². The fourth-order valence-electron chi connectivity index (χ4n) is 2.96. The van der Waals surface area contributed by atoms with E-state index in [4.69, 9.17) is 0 Å². The highest BCUT2D eigenvalue weighted by atomic mass is 15.2. The predicted octanol–water partition coefficient (Wildman–Crippen LogP) is 1.06. The van der Waals surface area contributed by atoms with Gasteiger partial charge in [-0.05, 0) is 71.8 Å². The van der Waals surface area contributed by atoms with Crippen LogP contribution in [0.5, 0.6) is 0 Å². The van der Waals surface area contributed by atoms with Gasteiger partial charge in [0.15, 0.2) is 0 Å². The van der Waals surface area contributed by atoms with Crippen molar-refractivity contribution in [1.82, 2.24) is 15.5 Å². The zero-order chi connectivity index (χ0) is 11.4. The Balaban J connectivity index is 1.66. The molecule has 0 atom stereocenters. The summed E-state index contributed by atoms with van der Waals surface area (Å²) in [6.45, 7) is 4.83. The molecule has 0 bridgehead atoms. The number of piperidine rings is 1. The molecule has 2 rings (SSSR count). The van der Waals surface area contributed by atoms with Gasteiger partial charge >= 0.3 is 0 Å². The molecule has 0 aromatic heterocycles. The Kier molecular flexibility index (Phi) is 4.22. The Hall–Kier alpha value is -0.120. The van der Waals surface area contributed by atoms with E-state index < -0.39 is 0 Å². The van der Waals surface area contributed by atoms with Crippen LogP contribution in [0, 0.1) is 5.92 Å². The lowest BCUT2D eigenvalue weighted by atomic mass is 9.75. The molecule has 0 radical (unpaired) electrons. The summed E-state index contributed by atoms with van der Waals surface area (Å²) in [5, 5.41) is 7.14. The van der Waals surface area contributed by atoms with E-state index in [1.54, 1.807) is 0 Å². The Morgan fingerprint density at radius 2 is 1.94 bits per heavy atom. The molecule has 2 aliphatic rings. The molecule has 1 heterocycles. The molecule has 0 amide bonds. The summed E-state index contributed by atoms with van der Waals surface area (Å²) in [6.07, 6.45) is 6.86. The second-order valence-corrected chi connectivity index (χ2v) is 5.80. The minimum Gasteiger partial charge on any atom is -0.317 e. The van der Waals surface area contributed by atoms with Crippen molar-refractivity contribution in [2.45, 2.75) is 37.6 Å². The van der Waals surface area contributed by atoms with Crippen LogP contribution in [-0.4, -0.2) is 50.7 Å². The van der Waals surface area contributed by atoms with Gasteiger partial charge in [-0.3, -0.25) is 0 Å². The SMILES string of the molecule is CN(C)C1(CNCC2CCNCC2)CCC1. The van der Waals surface area contributed by atoms with Crippen LogP contribution in [0.2, 0.25) is 0 Å². The third-order valence-corrected chi connectivity index (χ3v) is 4.58. The van der Waals surface area contributed by atoms with Crippen LogP contribution in [-0.2, 0) is 0 Å². The average Bonchev–Trinajstić information content (AvgIpc) is 2.23. The molecule has 16 heavy (non-hydrogen) atoms. The van der Waals surface area contributed by atoms with Crippen molar-refractivity contribution >= 4 is 0 Å². The molecule has 1 aliphatic carbocycles. The molecule has 1 aliphatic heterocycles. The van der Waals surface area contributed by atoms with Crippen LogP contribution >= 0.6 is 0 Å². The van der Waals surface area contributed by atoms with Crippen molar-refractivity contribution in [1.29, 1.82) is 0 Å². The fourth-order valence-corrected chi connectivity index (χ4v) is 2.96. The van der Waals surface area contributed by atoms with Crippen LogP contribution in [0.1, 0.15) is 32.1 Å². The van der Waals surface area contributed by atoms with Gasteiger partial charge in [0, 0.05) is 12.1 Å². The van der Waals surface area contributed by atoms with E-state index in [0.717, 1.165) is 5.92 Å². The number of hydrogen-bond acceptors (Lipinski definition) is 3. The lowest BCUT2D eigenvalue weighted by Gasteiger charge is -2.47. The third-order valence-electron chi connectivity index (χ3n) is 4.58. The normalized spacial score (nSPS) is 25.7. The second kappa shape index (κ2) is 5.48. The van der Waals surface area contributed by atoms with Gasteiger partial charge in [0.05, 0.1) is 0 Å². The number of rotatable bonds is 5. The van der Waals surface area contributed by atoms with Crippen molar-refractivity contribution in [3.63, 3.8) is 0 Å². The topological polar surface area (TPSA) is 27.3 Å². The van der Waals surface area contributed by atoms with Gasteiger partial charge in [0.2, 0.25) is 0 Å². The first kappa shape index (κ1) is 12.3. The van der Waals surface area contributed by atoms with E-state index in [0.29, 0.717) is 5.54 Å². The summed E-state index contributed by atoms with van der Waals surface area (Å²) in [6, 6.07) is 0. The van der Waals surface area contributed by atoms with Crippen LogP contribution in [0.4, 0.5) is 0 Å². The third kappa shape index (κ3) is 2.76. The molecular weight excluding hydrogens is 198 g/mol. The summed E-state index contributed by atoms with van der Waals surface area (Å²) >= 11 is 0. The average molecular weight is 225 g/mol. The number of likely N-dealkylation sites (N-methyl/N-ethyl adjacent to an activating group) is 1. The molecule has 94 valence electrons. The number of hydrogen-bond donors (Lipinski definition) is 2. The van der Waals surface area contributed by atoms with Gasteiger partial charge in [-0.25, -0.2) is 0 Å². The molecule has 2 N–H and O–H groups in total. The molecule has 3 nitrogen and oxygen atoms in total. The highest BCUT2D eigenvalue weighted by molar-refractivity contribution is 4.97. The maximum absolute atomic E-state index is 3.71. The predicted molar refractivity (Wildman–Crippen MR) is 68.7 cm³/mol. The molecule has 0 unspecified atom stereocenters. The van der Waals surface area contributed by atoms with Gasteiger partial charge < -0.3 is 15.5 Å². The summed E-state index contributed by atoms with van der Waals surface area (Å²) < 4.78 is 0. The second-order valence-electron chi connectivity index (χ2n) is 5.80. The maximum atomic E-state index is 3.71. The molecule has 1 saturated heterocycles. The molecule has 0 aromatic carbocycles. The zero-order valence-corrected chi connectivity index (χ0v) is 10.9. The smallest absolute Gasteiger partial charge is 0.0327 e. The minimum absolute atomic E-state index is 0.479. The highest BCUT2D eigenvalue weighted by Gasteiger charge is 2.38. The van der Waals surface area contributed by atoms with E-state index >= 15 is 0 Å². The standard InChI is InChI=1S/C13H27N3/c1-16(2)13(6-3-7-13)11-15-10-12-4-8-14-9-5-12/h12,14-15H,3-11H2,1-2H3. The summed E-state index contributed by atoms with van der Waals surface area (Å²) in [4.78, 5) is 2.42. The van der Waals surface area contributed by atoms with Crippen LogP contribution in [0.3, 0.4) is 0 Å². The monoisotopic (exact) mass is 225 g/mol. The molecule has 0 aromatic rings. The van der Waals surface area contributed by atoms with Gasteiger partial charge in [-0.2, -0.15) is 0 Å². The number of nitrogens with one attached hydrogen (secondary N) is 2. The molecule has 3 heteroatoms. The van der Waals surface area contributed by atoms with Gasteiger partial charge in [0.1, 0.15) is 0 Å². The Morgan fingerprint density at radius 1 is 1.25 bits per heavy atom. The Labute approximate surface area is 100.0 Å². The van der Waals surface area contributed by atoms with E-state index in [2.05, 4.69) is 29.6 Å². The van der Waals surface area contributed by atoms with Gasteiger partial charge in [-0.1, -0.05) is 0 Å². The molecule has 2 fully saturated rings. The van der Waals surface area contributed by atoms with Crippen LogP contribution in [0.15, 0.2) is 0 Å². The van der Waals surface area contributed by atoms with E-state index in [1.807, 2.05) is 0 Å². The minimum atomic E-state index is 0.479. The van der Waals surface area contributed by atoms with E-state index in [-0.39, 0.29) is 0 Å². The molecular formula is C13H27N3. The fraction of sp³-hybridized carbons (Fsp3) is 1.00. The summed E-state index contributed by atoms with van der Waals surface area (Å²) in [7, 11) is 4.46. The Morgan fingerprint density at radius 3 is 2.44 bits per heavy atom. The Bertz CT molecular complexity index is 205. The largest absolute Gasteiger partial charge is 0.317 e. The summed E-state index contributed by atoms with van der Waals surface area (Å²) in [5.41, 5.74) is 0.479. The zero-order valence-electron chi connectivity index (χ0n) is 10.9. The number of nitrogens with zero attached hydrogens (tertiary/aromatic N) is 1. The lowest BCUT2D eigenvalue weighted by molar-refractivity contribution is 0.0588. The first-order valence-corrected chi connectivity index (χ1v) is 6.82. The van der Waals surface area contributed by atoms with Gasteiger partial charge in [-0.15, -0.1) is 0 Å². The quantitative estimate of drug-likeness (QED) is 0.732. The van der Waals surface area contributed by atoms with Crippen LogP contribution < -0.4 is 10.6 Å². The maximum Gasteiger partial charge on any atom is 0.0327 e. The van der Waals surface area contributed by atoms with Gasteiger partial charge in [0.25, 0.3) is 0 Å². The summed E-state index contributed by atoms with van der Waals surface area (Å²) in [5.74, 6) is 0.903. The van der Waals surface area contributed by atoms with Crippen molar-refractivity contribution in [3.05, 3.63) is 0 Å². The van der Waals surface area contributed by atoms with Crippen molar-refractivity contribution in [2.24, 2.45) is 5.92 Å². The van der Waals surface area contributed by atoms with Crippen molar-refractivity contribution in [3.8, 4) is 0 Å². The first-order chi connectivity index (χ1) is 7.73. The highest BCUT2D eigenvalue weighted by Crippen LogP contribution is 2.35. The molecule has 1 saturated carbocycles. The van der Waals surface area contributed by atoms with Crippen LogP contribution in [0.25, 0.3) is 0 Å². The lowest BCUT2D eigenvalue weighted by Crippen LogP contribution is -2.57.